The molecular formula is C15H14Cl2N2S. The van der Waals surface area contributed by atoms with Gasteiger partial charge in [-0.05, 0) is 31.1 Å². The molecule has 2 heterocycles. The monoisotopic (exact) mass is 324 g/mol. The van der Waals surface area contributed by atoms with Crippen LogP contribution < -0.4 is 0 Å². The van der Waals surface area contributed by atoms with Crippen LogP contribution in [0.2, 0.25) is 10.3 Å². The highest BCUT2D eigenvalue weighted by molar-refractivity contribution is 7.99. The maximum absolute atomic E-state index is 6.34. The molecule has 0 N–H and O–H groups in total. The van der Waals surface area contributed by atoms with Gasteiger partial charge in [0.05, 0.1) is 10.8 Å². The molecule has 0 spiro atoms. The summed E-state index contributed by atoms with van der Waals surface area (Å²) in [6.45, 7) is 2.05. The van der Waals surface area contributed by atoms with E-state index in [4.69, 9.17) is 23.2 Å². The lowest BCUT2D eigenvalue weighted by molar-refractivity contribution is 0.777. The van der Waals surface area contributed by atoms with Crippen molar-refractivity contribution in [2.45, 2.75) is 25.0 Å². The van der Waals surface area contributed by atoms with E-state index in [9.17, 15) is 0 Å². The van der Waals surface area contributed by atoms with Gasteiger partial charge in [-0.1, -0.05) is 53.0 Å². The molecule has 3 rings (SSSR count). The quantitative estimate of drug-likeness (QED) is 0.698. The largest absolute Gasteiger partial charge is 0.219 e. The van der Waals surface area contributed by atoms with Gasteiger partial charge in [0, 0.05) is 0 Å². The van der Waals surface area contributed by atoms with Crippen molar-refractivity contribution in [1.29, 1.82) is 0 Å². The molecule has 0 saturated carbocycles. The fourth-order valence-electron chi connectivity index (χ4n) is 2.31. The second-order valence-electron chi connectivity index (χ2n) is 4.91. The Morgan fingerprint density at radius 1 is 1.10 bits per heavy atom. The number of aromatic nitrogens is 2. The molecule has 1 atom stereocenters. The highest BCUT2D eigenvalue weighted by Gasteiger charge is 2.23. The SMILES string of the molecule is Cc1ccc(-c2c(Cl)nc(C3CCCS3)nc2Cl)cc1. The third kappa shape index (κ3) is 2.80. The first-order chi connectivity index (χ1) is 9.65. The van der Waals surface area contributed by atoms with Crippen molar-refractivity contribution in [3.8, 4) is 11.1 Å². The third-order valence-electron chi connectivity index (χ3n) is 3.40. The van der Waals surface area contributed by atoms with Gasteiger partial charge in [-0.2, -0.15) is 11.8 Å². The van der Waals surface area contributed by atoms with Crippen molar-refractivity contribution in [2.75, 3.05) is 5.75 Å². The van der Waals surface area contributed by atoms with E-state index in [0.29, 0.717) is 15.6 Å². The molecule has 0 bridgehead atoms. The summed E-state index contributed by atoms with van der Waals surface area (Å²) in [5.74, 6) is 1.92. The molecule has 0 amide bonds. The maximum atomic E-state index is 6.34. The van der Waals surface area contributed by atoms with Crippen LogP contribution >= 0.6 is 35.0 Å². The Kier molecular flexibility index (Phi) is 4.20. The van der Waals surface area contributed by atoms with E-state index >= 15 is 0 Å². The van der Waals surface area contributed by atoms with Gasteiger partial charge in [-0.3, -0.25) is 0 Å². The lowest BCUT2D eigenvalue weighted by Crippen LogP contribution is -2.01. The zero-order valence-electron chi connectivity index (χ0n) is 11.1. The summed E-state index contributed by atoms with van der Waals surface area (Å²) in [6, 6.07) is 8.05. The van der Waals surface area contributed by atoms with E-state index in [2.05, 4.69) is 9.97 Å². The van der Waals surface area contributed by atoms with E-state index < -0.39 is 0 Å². The number of halogens is 2. The number of nitrogens with zero attached hydrogens (tertiary/aromatic N) is 2. The van der Waals surface area contributed by atoms with Crippen LogP contribution in [0.25, 0.3) is 11.1 Å². The molecular weight excluding hydrogens is 311 g/mol. The molecule has 1 fully saturated rings. The Labute approximate surface area is 132 Å². The Morgan fingerprint density at radius 2 is 1.75 bits per heavy atom. The van der Waals surface area contributed by atoms with Gasteiger partial charge in [-0.15, -0.1) is 0 Å². The first-order valence-electron chi connectivity index (χ1n) is 6.57. The zero-order valence-corrected chi connectivity index (χ0v) is 13.4. The van der Waals surface area contributed by atoms with Crippen LogP contribution in [-0.4, -0.2) is 15.7 Å². The van der Waals surface area contributed by atoms with Crippen molar-refractivity contribution in [3.63, 3.8) is 0 Å². The lowest BCUT2D eigenvalue weighted by Gasteiger charge is -2.12. The fourth-order valence-corrected chi connectivity index (χ4v) is 4.13. The summed E-state index contributed by atoms with van der Waals surface area (Å²) in [5, 5.41) is 1.21. The van der Waals surface area contributed by atoms with E-state index in [-0.39, 0.29) is 0 Å². The van der Waals surface area contributed by atoms with Crippen LogP contribution in [0.5, 0.6) is 0 Å². The molecule has 1 unspecified atom stereocenters. The standard InChI is InChI=1S/C15H14Cl2N2S/c1-9-4-6-10(7-5-9)12-13(16)18-15(19-14(12)17)11-3-2-8-20-11/h4-7,11H,2-3,8H2,1H3. The molecule has 2 nitrogen and oxygen atoms in total. The topological polar surface area (TPSA) is 25.8 Å². The molecule has 1 aromatic carbocycles. The van der Waals surface area contributed by atoms with Gasteiger partial charge in [0.25, 0.3) is 0 Å². The molecule has 0 radical (unpaired) electrons. The summed E-state index contributed by atoms with van der Waals surface area (Å²) in [4.78, 5) is 8.93. The Morgan fingerprint density at radius 3 is 2.30 bits per heavy atom. The minimum atomic E-state index is 0.331. The first-order valence-corrected chi connectivity index (χ1v) is 8.37. The summed E-state index contributed by atoms with van der Waals surface area (Å²) < 4.78 is 0. The van der Waals surface area contributed by atoms with E-state index in [1.54, 1.807) is 0 Å². The van der Waals surface area contributed by atoms with E-state index in [0.717, 1.165) is 29.1 Å². The second-order valence-corrected chi connectivity index (χ2v) is 6.93. The van der Waals surface area contributed by atoms with Gasteiger partial charge >= 0.3 is 0 Å². The maximum Gasteiger partial charge on any atom is 0.144 e. The number of benzene rings is 1. The summed E-state index contributed by atoms with van der Waals surface area (Å²) >= 11 is 14.6. The van der Waals surface area contributed by atoms with E-state index in [1.165, 1.54) is 12.0 Å². The Balaban J connectivity index is 2.02. The molecule has 2 aromatic rings. The molecule has 5 heteroatoms. The van der Waals surface area contributed by atoms with E-state index in [1.807, 2.05) is 43.0 Å². The van der Waals surface area contributed by atoms with Crippen LogP contribution in [-0.2, 0) is 0 Å². The second kappa shape index (κ2) is 5.92. The average molecular weight is 325 g/mol. The molecule has 20 heavy (non-hydrogen) atoms. The normalized spacial score (nSPS) is 18.4. The van der Waals surface area contributed by atoms with Gasteiger partial charge in [0.2, 0.25) is 0 Å². The number of thioether (sulfide) groups is 1. The van der Waals surface area contributed by atoms with Gasteiger partial charge < -0.3 is 0 Å². The predicted molar refractivity (Wildman–Crippen MR) is 86.7 cm³/mol. The molecule has 1 aliphatic rings. The number of rotatable bonds is 2. The first kappa shape index (κ1) is 14.2. The fraction of sp³-hybridized carbons (Fsp3) is 0.333. The molecule has 104 valence electrons. The highest BCUT2D eigenvalue weighted by atomic mass is 35.5. The van der Waals surface area contributed by atoms with Crippen molar-refractivity contribution >= 4 is 35.0 Å². The minimum Gasteiger partial charge on any atom is -0.219 e. The van der Waals surface area contributed by atoms with Crippen molar-refractivity contribution in [3.05, 3.63) is 46.0 Å². The summed E-state index contributed by atoms with van der Waals surface area (Å²) in [6.07, 6.45) is 2.30. The lowest BCUT2D eigenvalue weighted by atomic mass is 10.1. The van der Waals surface area contributed by atoms with Crippen molar-refractivity contribution < 1.29 is 0 Å². The molecule has 1 aliphatic heterocycles. The summed E-state index contributed by atoms with van der Waals surface area (Å²) in [7, 11) is 0. The molecule has 0 aliphatic carbocycles. The predicted octanol–water partition coefficient (Wildman–Crippen LogP) is 5.33. The summed E-state index contributed by atoms with van der Waals surface area (Å²) in [5.41, 5.74) is 2.87. The Hall–Kier alpha value is -0.770. The highest BCUT2D eigenvalue weighted by Crippen LogP contribution is 2.41. The number of hydrogen-bond donors (Lipinski definition) is 0. The van der Waals surface area contributed by atoms with Gasteiger partial charge in [-0.25, -0.2) is 9.97 Å². The van der Waals surface area contributed by atoms with Crippen LogP contribution in [0, 0.1) is 6.92 Å². The molecule has 1 aromatic heterocycles. The van der Waals surface area contributed by atoms with Crippen LogP contribution in [0.3, 0.4) is 0 Å². The number of hydrogen-bond acceptors (Lipinski definition) is 3. The molecule has 1 saturated heterocycles. The number of aryl methyl sites for hydroxylation is 1. The van der Waals surface area contributed by atoms with Gasteiger partial charge in [0.15, 0.2) is 0 Å². The van der Waals surface area contributed by atoms with Crippen LogP contribution in [0.15, 0.2) is 24.3 Å². The van der Waals surface area contributed by atoms with Crippen molar-refractivity contribution in [2.24, 2.45) is 0 Å². The third-order valence-corrected chi connectivity index (χ3v) is 5.32. The average Bonchev–Trinajstić information content (AvgIpc) is 2.94. The smallest absolute Gasteiger partial charge is 0.144 e. The van der Waals surface area contributed by atoms with Crippen LogP contribution in [0.4, 0.5) is 0 Å². The zero-order chi connectivity index (χ0) is 14.1. The minimum absolute atomic E-state index is 0.331. The van der Waals surface area contributed by atoms with Crippen LogP contribution in [0.1, 0.15) is 29.5 Å². The Bertz CT molecular complexity index is 599. The van der Waals surface area contributed by atoms with Gasteiger partial charge in [0.1, 0.15) is 16.1 Å². The van der Waals surface area contributed by atoms with Crippen molar-refractivity contribution in [1.82, 2.24) is 9.97 Å².